The van der Waals surface area contributed by atoms with Crippen LogP contribution in [0.1, 0.15) is 67.8 Å². The number of piperidine rings is 1. The van der Waals surface area contributed by atoms with E-state index in [1.165, 1.54) is 16.9 Å². The van der Waals surface area contributed by atoms with Gasteiger partial charge in [-0.1, -0.05) is 48.4 Å². The molecule has 2 amide bonds. The standard InChI is InChI=1S/C30H37ClN2O3/c1-21(36-24-10-11-25(26(31)19-24)27(34)32(2)3)18-23-20-29(23)14-16-33(17-15-29)28(35)30(12-7-13-30)22-8-5-4-6-9-22/h4-6,8-11,19,21,23H,7,12-18,20H2,1-3H3/t21-,23-/m0/s1. The SMILES string of the molecule is C[C@@H](C[C@H]1CC12CCN(C(=O)C1(c3ccccc3)CCC1)CC2)Oc1ccc(C(=O)N(C)C)c(Cl)c1. The van der Waals surface area contributed by atoms with Crippen LogP contribution >= 0.6 is 11.6 Å². The lowest BCUT2D eigenvalue weighted by Gasteiger charge is -2.46. The molecule has 2 aromatic carbocycles. The smallest absolute Gasteiger partial charge is 0.254 e. The number of hydrogen-bond acceptors (Lipinski definition) is 3. The highest BCUT2D eigenvalue weighted by molar-refractivity contribution is 6.34. The Hall–Kier alpha value is -2.53. The van der Waals surface area contributed by atoms with Crippen LogP contribution in [0.25, 0.3) is 0 Å². The maximum absolute atomic E-state index is 13.6. The van der Waals surface area contributed by atoms with Crippen LogP contribution in [0.15, 0.2) is 48.5 Å². The fourth-order valence-electron chi connectivity index (χ4n) is 6.41. The monoisotopic (exact) mass is 508 g/mol. The first kappa shape index (κ1) is 25.1. The van der Waals surface area contributed by atoms with Gasteiger partial charge in [0.2, 0.25) is 5.91 Å². The molecule has 2 atom stereocenters. The van der Waals surface area contributed by atoms with Gasteiger partial charge in [0.15, 0.2) is 0 Å². The van der Waals surface area contributed by atoms with Crippen molar-refractivity contribution in [2.24, 2.45) is 11.3 Å². The molecule has 192 valence electrons. The zero-order valence-corrected chi connectivity index (χ0v) is 22.4. The van der Waals surface area contributed by atoms with Crippen molar-refractivity contribution in [3.8, 4) is 5.75 Å². The van der Waals surface area contributed by atoms with Crippen LogP contribution in [0, 0.1) is 11.3 Å². The summed E-state index contributed by atoms with van der Waals surface area (Å²) in [6, 6.07) is 15.7. The van der Waals surface area contributed by atoms with Gasteiger partial charge in [0, 0.05) is 27.2 Å². The average Bonchev–Trinajstić information content (AvgIpc) is 3.49. The number of halogens is 1. The lowest BCUT2D eigenvalue weighted by molar-refractivity contribution is -0.142. The molecule has 1 heterocycles. The minimum absolute atomic E-state index is 0.0665. The summed E-state index contributed by atoms with van der Waals surface area (Å²) in [5.74, 6) is 1.57. The summed E-state index contributed by atoms with van der Waals surface area (Å²) in [5.41, 5.74) is 1.76. The number of hydrogen-bond donors (Lipinski definition) is 0. The second-order valence-electron chi connectivity index (χ2n) is 11.4. The van der Waals surface area contributed by atoms with E-state index in [2.05, 4.69) is 36.1 Å². The van der Waals surface area contributed by atoms with E-state index in [-0.39, 0.29) is 17.4 Å². The number of nitrogens with zero attached hydrogens (tertiary/aromatic N) is 2. The van der Waals surface area contributed by atoms with E-state index in [1.54, 1.807) is 26.2 Å². The third kappa shape index (κ3) is 4.63. The number of ether oxygens (including phenoxy) is 1. The third-order valence-electron chi connectivity index (χ3n) is 8.88. The van der Waals surface area contributed by atoms with Crippen LogP contribution in [0.3, 0.4) is 0 Å². The number of carbonyl (C=O) groups is 2. The van der Waals surface area contributed by atoms with Crippen molar-refractivity contribution in [1.29, 1.82) is 0 Å². The zero-order valence-electron chi connectivity index (χ0n) is 21.6. The van der Waals surface area contributed by atoms with Gasteiger partial charge in [0.05, 0.1) is 22.1 Å². The molecule has 0 unspecified atom stereocenters. The van der Waals surface area contributed by atoms with E-state index >= 15 is 0 Å². The minimum atomic E-state index is -0.287. The van der Waals surface area contributed by atoms with E-state index < -0.39 is 0 Å². The number of benzene rings is 2. The molecule has 6 heteroatoms. The van der Waals surface area contributed by atoms with Crippen molar-refractivity contribution in [2.75, 3.05) is 27.2 Å². The molecule has 1 aliphatic heterocycles. The minimum Gasteiger partial charge on any atom is -0.491 e. The van der Waals surface area contributed by atoms with Crippen molar-refractivity contribution in [2.45, 2.75) is 63.4 Å². The lowest BCUT2D eigenvalue weighted by atomic mass is 9.63. The van der Waals surface area contributed by atoms with Crippen molar-refractivity contribution in [1.82, 2.24) is 9.80 Å². The zero-order chi connectivity index (χ0) is 25.5. The molecule has 1 spiro atoms. The Morgan fingerprint density at radius 1 is 1.08 bits per heavy atom. The van der Waals surface area contributed by atoms with Crippen molar-refractivity contribution in [3.05, 3.63) is 64.7 Å². The molecule has 0 radical (unpaired) electrons. The Labute approximate surface area is 219 Å². The first-order valence-corrected chi connectivity index (χ1v) is 13.6. The van der Waals surface area contributed by atoms with Gasteiger partial charge in [-0.15, -0.1) is 0 Å². The second kappa shape index (κ2) is 9.74. The molecule has 5 nitrogen and oxygen atoms in total. The van der Waals surface area contributed by atoms with Gasteiger partial charge in [-0.2, -0.15) is 0 Å². The largest absolute Gasteiger partial charge is 0.491 e. The highest BCUT2D eigenvalue weighted by Crippen LogP contribution is 2.61. The predicted octanol–water partition coefficient (Wildman–Crippen LogP) is 5.95. The Kier molecular flexibility index (Phi) is 6.80. The highest BCUT2D eigenvalue weighted by Gasteiger charge is 2.56. The van der Waals surface area contributed by atoms with Gasteiger partial charge in [0.1, 0.15) is 5.75 Å². The van der Waals surface area contributed by atoms with E-state index in [9.17, 15) is 9.59 Å². The molecule has 5 rings (SSSR count). The number of rotatable bonds is 7. The van der Waals surface area contributed by atoms with Crippen LogP contribution in [0.2, 0.25) is 5.02 Å². The molecule has 2 saturated carbocycles. The Morgan fingerprint density at radius 2 is 1.78 bits per heavy atom. The van der Waals surface area contributed by atoms with Crippen LogP contribution in [0.4, 0.5) is 0 Å². The summed E-state index contributed by atoms with van der Waals surface area (Å²) >= 11 is 6.35. The fourth-order valence-corrected chi connectivity index (χ4v) is 6.66. The molecule has 0 N–H and O–H groups in total. The highest BCUT2D eigenvalue weighted by atomic mass is 35.5. The van der Waals surface area contributed by atoms with Crippen molar-refractivity contribution in [3.63, 3.8) is 0 Å². The molecule has 0 bridgehead atoms. The van der Waals surface area contributed by atoms with E-state index in [4.69, 9.17) is 16.3 Å². The van der Waals surface area contributed by atoms with Crippen LogP contribution in [-0.4, -0.2) is 54.9 Å². The topological polar surface area (TPSA) is 49.9 Å². The van der Waals surface area contributed by atoms with Gasteiger partial charge in [0.25, 0.3) is 5.91 Å². The normalized spacial score (nSPS) is 22.4. The molecule has 36 heavy (non-hydrogen) atoms. The number of amides is 2. The van der Waals surface area contributed by atoms with E-state index in [0.29, 0.717) is 33.6 Å². The van der Waals surface area contributed by atoms with Crippen molar-refractivity contribution < 1.29 is 14.3 Å². The summed E-state index contributed by atoms with van der Waals surface area (Å²) in [7, 11) is 3.43. The third-order valence-corrected chi connectivity index (χ3v) is 9.19. The van der Waals surface area contributed by atoms with Gasteiger partial charge in [-0.25, -0.2) is 0 Å². The quantitative estimate of drug-likeness (QED) is 0.464. The van der Waals surface area contributed by atoms with E-state index in [0.717, 1.165) is 51.6 Å². The molecule has 1 saturated heterocycles. The molecule has 2 aromatic rings. The van der Waals surface area contributed by atoms with Gasteiger partial charge < -0.3 is 14.5 Å². The predicted molar refractivity (Wildman–Crippen MR) is 143 cm³/mol. The van der Waals surface area contributed by atoms with Crippen LogP contribution in [-0.2, 0) is 10.2 Å². The van der Waals surface area contributed by atoms with Crippen LogP contribution in [0.5, 0.6) is 5.75 Å². The summed E-state index contributed by atoms with van der Waals surface area (Å²) in [6.45, 7) is 3.85. The second-order valence-corrected chi connectivity index (χ2v) is 11.8. The Morgan fingerprint density at radius 3 is 2.36 bits per heavy atom. The number of carbonyl (C=O) groups excluding carboxylic acids is 2. The molecule has 0 aromatic heterocycles. The lowest BCUT2D eigenvalue weighted by Crippen LogP contribution is -2.53. The average molecular weight is 509 g/mol. The Bertz CT molecular complexity index is 1120. The summed E-state index contributed by atoms with van der Waals surface area (Å²) in [5, 5.41) is 0.415. The van der Waals surface area contributed by atoms with Gasteiger partial charge >= 0.3 is 0 Å². The fraction of sp³-hybridized carbons (Fsp3) is 0.533. The maximum atomic E-state index is 13.6. The first-order chi connectivity index (χ1) is 17.2. The molecular weight excluding hydrogens is 472 g/mol. The van der Waals surface area contributed by atoms with Crippen molar-refractivity contribution >= 4 is 23.4 Å². The van der Waals surface area contributed by atoms with E-state index in [1.807, 2.05) is 12.1 Å². The number of likely N-dealkylation sites (tertiary alicyclic amines) is 1. The summed E-state index contributed by atoms with van der Waals surface area (Å²) in [4.78, 5) is 29.5. The molecular formula is C30H37ClN2O3. The molecule has 2 aliphatic carbocycles. The molecule has 3 aliphatic rings. The molecule has 3 fully saturated rings. The van der Waals surface area contributed by atoms with Crippen LogP contribution < -0.4 is 4.74 Å². The summed E-state index contributed by atoms with van der Waals surface area (Å²) in [6.07, 6.45) is 7.56. The first-order valence-electron chi connectivity index (χ1n) is 13.3. The Balaban J connectivity index is 1.13. The van der Waals surface area contributed by atoms with Gasteiger partial charge in [-0.3, -0.25) is 9.59 Å². The summed E-state index contributed by atoms with van der Waals surface area (Å²) < 4.78 is 6.18. The van der Waals surface area contributed by atoms with Gasteiger partial charge in [-0.05, 0) is 80.5 Å². The maximum Gasteiger partial charge on any atom is 0.254 e.